The van der Waals surface area contributed by atoms with Crippen LogP contribution in [0.2, 0.25) is 0 Å². The highest BCUT2D eigenvalue weighted by Crippen LogP contribution is 2.27. The first-order valence-electron chi connectivity index (χ1n) is 11.0. The van der Waals surface area contributed by atoms with Crippen LogP contribution in [0, 0.1) is 6.92 Å². The third kappa shape index (κ3) is 4.06. The van der Waals surface area contributed by atoms with Crippen molar-refractivity contribution in [2.45, 2.75) is 63.8 Å². The van der Waals surface area contributed by atoms with Gasteiger partial charge in [0.15, 0.2) is 0 Å². The summed E-state index contributed by atoms with van der Waals surface area (Å²) in [6, 6.07) is 2.39. The molecule has 1 atom stereocenters. The van der Waals surface area contributed by atoms with Crippen molar-refractivity contribution >= 4 is 11.9 Å². The van der Waals surface area contributed by atoms with Gasteiger partial charge in [0.1, 0.15) is 0 Å². The quantitative estimate of drug-likeness (QED) is 0.854. The molecule has 2 aliphatic heterocycles. The summed E-state index contributed by atoms with van der Waals surface area (Å²) in [4.78, 5) is 21.3. The van der Waals surface area contributed by atoms with Crippen molar-refractivity contribution in [1.82, 2.24) is 19.9 Å². The van der Waals surface area contributed by atoms with E-state index in [1.54, 1.807) is 0 Å². The van der Waals surface area contributed by atoms with Gasteiger partial charge in [-0.3, -0.25) is 0 Å². The molecule has 0 aromatic carbocycles. The second kappa shape index (κ2) is 8.22. The molecule has 4 heterocycles. The summed E-state index contributed by atoms with van der Waals surface area (Å²) in [5.41, 5.74) is 4.91. The molecule has 2 fully saturated rings. The molecule has 1 unspecified atom stereocenters. The molecule has 0 saturated carbocycles. The second-order valence-electron chi connectivity index (χ2n) is 8.51. The molecule has 7 nitrogen and oxygen atoms in total. The molecule has 7 heteroatoms. The van der Waals surface area contributed by atoms with Crippen molar-refractivity contribution in [3.8, 4) is 0 Å². The molecule has 3 aliphatic rings. The van der Waals surface area contributed by atoms with E-state index in [0.29, 0.717) is 12.0 Å². The highest BCUT2D eigenvalue weighted by Gasteiger charge is 2.27. The Labute approximate surface area is 172 Å². The van der Waals surface area contributed by atoms with Crippen LogP contribution in [0.1, 0.15) is 60.7 Å². The Morgan fingerprint density at radius 2 is 1.93 bits per heavy atom. The summed E-state index contributed by atoms with van der Waals surface area (Å²) in [6.07, 6.45) is 9.76. The zero-order chi connectivity index (χ0) is 19.6. The maximum atomic E-state index is 5.49. The first-order valence-corrected chi connectivity index (χ1v) is 11.0. The lowest BCUT2D eigenvalue weighted by atomic mass is 9.95. The lowest BCUT2D eigenvalue weighted by Crippen LogP contribution is -2.28. The zero-order valence-corrected chi connectivity index (χ0v) is 17.2. The normalized spacial score (nSPS) is 22.5. The average Bonchev–Trinajstić information content (AvgIpc) is 3.23. The van der Waals surface area contributed by atoms with Crippen LogP contribution in [0.25, 0.3) is 0 Å². The Morgan fingerprint density at radius 3 is 2.83 bits per heavy atom. The Bertz CT molecular complexity index is 866. The van der Waals surface area contributed by atoms with Crippen molar-refractivity contribution in [2.24, 2.45) is 0 Å². The summed E-state index contributed by atoms with van der Waals surface area (Å²) >= 11 is 0. The third-order valence-electron chi connectivity index (χ3n) is 6.50. The fourth-order valence-electron chi connectivity index (χ4n) is 4.82. The molecule has 1 N–H and O–H groups in total. The minimum Gasteiger partial charge on any atom is -0.381 e. The van der Waals surface area contributed by atoms with Crippen LogP contribution >= 0.6 is 0 Å². The van der Waals surface area contributed by atoms with Gasteiger partial charge in [-0.2, -0.15) is 0 Å². The Morgan fingerprint density at radius 1 is 1.07 bits per heavy atom. The number of anilines is 2. The monoisotopic (exact) mass is 394 g/mol. The predicted octanol–water partition coefficient (Wildman–Crippen LogP) is 3.04. The van der Waals surface area contributed by atoms with Crippen molar-refractivity contribution < 1.29 is 4.74 Å². The number of nitrogens with one attached hydrogen (secondary N) is 1. The van der Waals surface area contributed by atoms with E-state index in [1.165, 1.54) is 24.1 Å². The fraction of sp³-hybridized carbons (Fsp3) is 0.636. The standard InChI is InChI=1S/C22H30N6O/c1-15-18-4-2-3-5-20(18)26-21(24-15)25-17-7-11-28(14-17)22-23-10-6-19(27-22)16-8-12-29-13-9-16/h6,10,16-17H,2-5,7-9,11-14H2,1H3,(H,24,25,26). The smallest absolute Gasteiger partial charge is 0.225 e. The second-order valence-corrected chi connectivity index (χ2v) is 8.51. The largest absolute Gasteiger partial charge is 0.381 e. The number of nitrogens with zero attached hydrogens (tertiary/aromatic N) is 5. The van der Waals surface area contributed by atoms with E-state index < -0.39 is 0 Å². The highest BCUT2D eigenvalue weighted by atomic mass is 16.5. The number of rotatable bonds is 4. The lowest BCUT2D eigenvalue weighted by Gasteiger charge is -2.23. The molecule has 0 radical (unpaired) electrons. The molecule has 0 amide bonds. The van der Waals surface area contributed by atoms with Crippen molar-refractivity contribution in [3.63, 3.8) is 0 Å². The zero-order valence-electron chi connectivity index (χ0n) is 17.2. The van der Waals surface area contributed by atoms with Crippen LogP contribution in [-0.2, 0) is 17.6 Å². The predicted molar refractivity (Wildman–Crippen MR) is 112 cm³/mol. The molecule has 0 bridgehead atoms. The molecule has 2 aromatic rings. The molecule has 0 spiro atoms. The SMILES string of the molecule is Cc1nc(NC2CCN(c3nccc(C4CCOCC4)n3)C2)nc2c1CCCC2. The number of hydrogen-bond donors (Lipinski definition) is 1. The summed E-state index contributed by atoms with van der Waals surface area (Å²) in [5.74, 6) is 2.13. The van der Waals surface area contributed by atoms with E-state index in [9.17, 15) is 0 Å². The highest BCUT2D eigenvalue weighted by molar-refractivity contribution is 5.39. The molecular weight excluding hydrogens is 364 g/mol. The maximum absolute atomic E-state index is 5.49. The molecular formula is C22H30N6O. The maximum Gasteiger partial charge on any atom is 0.225 e. The van der Waals surface area contributed by atoms with Crippen molar-refractivity contribution in [1.29, 1.82) is 0 Å². The van der Waals surface area contributed by atoms with Gasteiger partial charge in [-0.15, -0.1) is 0 Å². The number of fused-ring (bicyclic) bond motifs is 1. The topological polar surface area (TPSA) is 76.1 Å². The minimum atomic E-state index is 0.325. The van der Waals surface area contributed by atoms with Gasteiger partial charge in [-0.05, 0) is 63.5 Å². The summed E-state index contributed by atoms with van der Waals surface area (Å²) in [7, 11) is 0. The van der Waals surface area contributed by atoms with Gasteiger partial charge in [0.05, 0.1) is 0 Å². The fourth-order valence-corrected chi connectivity index (χ4v) is 4.82. The minimum absolute atomic E-state index is 0.325. The Balaban J connectivity index is 1.25. The van der Waals surface area contributed by atoms with Crippen LogP contribution in [0.5, 0.6) is 0 Å². The van der Waals surface area contributed by atoms with Crippen LogP contribution in [0.3, 0.4) is 0 Å². The van der Waals surface area contributed by atoms with Gasteiger partial charge in [0.25, 0.3) is 0 Å². The number of aromatic nitrogens is 4. The van der Waals surface area contributed by atoms with E-state index in [4.69, 9.17) is 19.7 Å². The van der Waals surface area contributed by atoms with Gasteiger partial charge in [-0.1, -0.05) is 0 Å². The lowest BCUT2D eigenvalue weighted by molar-refractivity contribution is 0.0845. The average molecular weight is 395 g/mol. The first-order chi connectivity index (χ1) is 14.3. The van der Waals surface area contributed by atoms with Crippen LogP contribution < -0.4 is 10.2 Å². The van der Waals surface area contributed by atoms with Crippen LogP contribution in [0.15, 0.2) is 12.3 Å². The van der Waals surface area contributed by atoms with Gasteiger partial charge in [-0.25, -0.2) is 19.9 Å². The van der Waals surface area contributed by atoms with E-state index in [0.717, 1.165) is 81.7 Å². The summed E-state index contributed by atoms with van der Waals surface area (Å²) in [5, 5.41) is 3.57. The molecule has 29 heavy (non-hydrogen) atoms. The van der Waals surface area contributed by atoms with Crippen LogP contribution in [0.4, 0.5) is 11.9 Å². The van der Waals surface area contributed by atoms with E-state index in [1.807, 2.05) is 6.20 Å². The Kier molecular flexibility index (Phi) is 5.31. The molecule has 154 valence electrons. The molecule has 2 aromatic heterocycles. The Hall–Kier alpha value is -2.28. The van der Waals surface area contributed by atoms with E-state index in [2.05, 4.69) is 28.2 Å². The molecule has 2 saturated heterocycles. The van der Waals surface area contributed by atoms with Crippen LogP contribution in [-0.4, -0.2) is 52.3 Å². The molecule has 1 aliphatic carbocycles. The van der Waals surface area contributed by atoms with Gasteiger partial charge < -0.3 is 15.0 Å². The number of hydrogen-bond acceptors (Lipinski definition) is 7. The van der Waals surface area contributed by atoms with Gasteiger partial charge in [0.2, 0.25) is 11.9 Å². The number of ether oxygens (including phenoxy) is 1. The van der Waals surface area contributed by atoms with Crippen molar-refractivity contribution in [2.75, 3.05) is 36.5 Å². The summed E-state index contributed by atoms with van der Waals surface area (Å²) in [6.45, 7) is 5.63. The molecule has 5 rings (SSSR count). The van der Waals surface area contributed by atoms with Crippen molar-refractivity contribution in [3.05, 3.63) is 34.9 Å². The van der Waals surface area contributed by atoms with Gasteiger partial charge >= 0.3 is 0 Å². The first kappa shape index (κ1) is 18.7. The third-order valence-corrected chi connectivity index (χ3v) is 6.50. The summed E-state index contributed by atoms with van der Waals surface area (Å²) < 4.78 is 5.49. The van der Waals surface area contributed by atoms with E-state index in [-0.39, 0.29) is 0 Å². The van der Waals surface area contributed by atoms with E-state index >= 15 is 0 Å². The number of aryl methyl sites for hydroxylation is 2. The van der Waals surface area contributed by atoms with Gasteiger partial charge in [0, 0.05) is 61.5 Å².